The van der Waals surface area contributed by atoms with E-state index in [9.17, 15) is 9.59 Å². The van der Waals surface area contributed by atoms with Gasteiger partial charge in [0.2, 0.25) is 0 Å². The Balaban J connectivity index is 1.61. The molecular formula is C21H19N3O2. The molecule has 0 fully saturated rings. The molecule has 0 heterocycles. The number of rotatable bonds is 4. The van der Waals surface area contributed by atoms with E-state index in [1.807, 2.05) is 60.7 Å². The summed E-state index contributed by atoms with van der Waals surface area (Å²) in [6, 6.07) is 26.0. The molecule has 3 aromatic carbocycles. The maximum Gasteiger partial charge on any atom is 0.316 e. The highest BCUT2D eigenvalue weighted by atomic mass is 16.2. The minimum atomic E-state index is -0.680. The van der Waals surface area contributed by atoms with Crippen molar-refractivity contribution in [1.29, 1.82) is 0 Å². The van der Waals surface area contributed by atoms with Crippen LogP contribution in [0.4, 0.5) is 22.7 Å². The summed E-state index contributed by atoms with van der Waals surface area (Å²) in [4.78, 5) is 25.8. The molecule has 5 nitrogen and oxygen atoms in total. The van der Waals surface area contributed by atoms with Crippen LogP contribution in [0.5, 0.6) is 0 Å². The van der Waals surface area contributed by atoms with Crippen LogP contribution in [-0.4, -0.2) is 18.9 Å². The molecule has 0 aliphatic carbocycles. The minimum absolute atomic E-state index is 0.559. The predicted molar refractivity (Wildman–Crippen MR) is 105 cm³/mol. The molecule has 0 saturated carbocycles. The highest BCUT2D eigenvalue weighted by molar-refractivity contribution is 6.44. The van der Waals surface area contributed by atoms with Crippen molar-refractivity contribution in [2.24, 2.45) is 0 Å². The third kappa shape index (κ3) is 4.27. The Morgan fingerprint density at radius 3 is 1.81 bits per heavy atom. The van der Waals surface area contributed by atoms with E-state index in [1.165, 1.54) is 4.90 Å². The summed E-state index contributed by atoms with van der Waals surface area (Å²) in [5, 5.41) is 5.88. The zero-order valence-corrected chi connectivity index (χ0v) is 14.3. The molecule has 26 heavy (non-hydrogen) atoms. The third-order valence-electron chi connectivity index (χ3n) is 3.85. The lowest BCUT2D eigenvalue weighted by atomic mass is 10.2. The Morgan fingerprint density at radius 1 is 0.692 bits per heavy atom. The van der Waals surface area contributed by atoms with E-state index in [0.29, 0.717) is 11.4 Å². The first kappa shape index (κ1) is 17.2. The molecule has 0 radical (unpaired) electrons. The van der Waals surface area contributed by atoms with Crippen LogP contribution < -0.4 is 15.5 Å². The van der Waals surface area contributed by atoms with Crippen LogP contribution in [0.3, 0.4) is 0 Å². The molecule has 2 amide bonds. The normalized spacial score (nSPS) is 10.0. The number of benzene rings is 3. The molecule has 0 unspecified atom stereocenters. The molecule has 3 rings (SSSR count). The monoisotopic (exact) mass is 345 g/mol. The quantitative estimate of drug-likeness (QED) is 0.702. The first-order valence-electron chi connectivity index (χ1n) is 8.20. The highest BCUT2D eigenvalue weighted by Gasteiger charge is 2.19. The summed E-state index contributed by atoms with van der Waals surface area (Å²) in [6.45, 7) is 0. The molecule has 0 saturated heterocycles. The number of carbonyl (C=O) groups is 2. The fraction of sp³-hybridized carbons (Fsp3) is 0.0476. The maximum atomic E-state index is 12.3. The van der Waals surface area contributed by atoms with Crippen molar-refractivity contribution in [3.63, 3.8) is 0 Å². The van der Waals surface area contributed by atoms with Gasteiger partial charge in [0.05, 0.1) is 0 Å². The predicted octanol–water partition coefficient (Wildman–Crippen LogP) is 4.03. The van der Waals surface area contributed by atoms with E-state index in [-0.39, 0.29) is 0 Å². The molecule has 3 aromatic rings. The van der Waals surface area contributed by atoms with Crippen LogP contribution in [0.15, 0.2) is 84.9 Å². The van der Waals surface area contributed by atoms with Crippen LogP contribution in [-0.2, 0) is 9.59 Å². The van der Waals surface area contributed by atoms with E-state index < -0.39 is 11.8 Å². The number of nitrogens with zero attached hydrogens (tertiary/aromatic N) is 1. The number of para-hydroxylation sites is 2. The Hall–Kier alpha value is -3.60. The number of hydrogen-bond donors (Lipinski definition) is 2. The van der Waals surface area contributed by atoms with Gasteiger partial charge in [-0.3, -0.25) is 9.59 Å². The summed E-state index contributed by atoms with van der Waals surface area (Å²) in [5.74, 6) is -1.30. The van der Waals surface area contributed by atoms with Crippen LogP contribution in [0.2, 0.25) is 0 Å². The van der Waals surface area contributed by atoms with Gasteiger partial charge in [-0.25, -0.2) is 0 Å². The Morgan fingerprint density at radius 2 is 1.19 bits per heavy atom. The summed E-state index contributed by atoms with van der Waals surface area (Å²) in [6.07, 6.45) is 0. The van der Waals surface area contributed by atoms with Gasteiger partial charge in [-0.05, 0) is 48.5 Å². The molecule has 0 spiro atoms. The number of likely N-dealkylation sites (N-methyl/N-ethyl adjacent to an activating group) is 1. The summed E-state index contributed by atoms with van der Waals surface area (Å²) >= 11 is 0. The fourth-order valence-electron chi connectivity index (χ4n) is 2.43. The van der Waals surface area contributed by atoms with Gasteiger partial charge in [0.1, 0.15) is 0 Å². The van der Waals surface area contributed by atoms with Crippen molar-refractivity contribution in [2.75, 3.05) is 22.6 Å². The van der Waals surface area contributed by atoms with Crippen molar-refractivity contribution < 1.29 is 9.59 Å². The third-order valence-corrected chi connectivity index (χ3v) is 3.85. The van der Waals surface area contributed by atoms with Crippen molar-refractivity contribution >= 4 is 34.6 Å². The lowest BCUT2D eigenvalue weighted by molar-refractivity contribution is -0.134. The molecule has 0 aromatic heterocycles. The van der Waals surface area contributed by atoms with Crippen LogP contribution in [0, 0.1) is 0 Å². The Labute approximate surface area is 152 Å². The molecule has 0 atom stereocenters. The van der Waals surface area contributed by atoms with Gasteiger partial charge in [-0.15, -0.1) is 0 Å². The molecule has 130 valence electrons. The van der Waals surface area contributed by atoms with Gasteiger partial charge in [0.25, 0.3) is 0 Å². The lowest BCUT2D eigenvalue weighted by Gasteiger charge is -2.16. The average Bonchev–Trinajstić information content (AvgIpc) is 2.70. The largest absolute Gasteiger partial charge is 0.356 e. The van der Waals surface area contributed by atoms with Crippen molar-refractivity contribution in [3.8, 4) is 0 Å². The smallest absolute Gasteiger partial charge is 0.316 e. The second kappa shape index (κ2) is 7.98. The van der Waals surface area contributed by atoms with Crippen molar-refractivity contribution in [2.45, 2.75) is 0 Å². The molecule has 5 heteroatoms. The van der Waals surface area contributed by atoms with Crippen LogP contribution in [0.25, 0.3) is 0 Å². The summed E-state index contributed by atoms with van der Waals surface area (Å²) in [7, 11) is 1.57. The molecule has 0 aliphatic rings. The lowest BCUT2D eigenvalue weighted by Crippen LogP contribution is -2.37. The Kier molecular flexibility index (Phi) is 5.29. The SMILES string of the molecule is CN(C(=O)C(=O)Nc1ccc(Nc2ccccc2)cc1)c1ccccc1. The number of nitrogens with one attached hydrogen (secondary N) is 2. The standard InChI is InChI=1S/C21H19N3O2/c1-24(19-10-6-3-7-11-19)21(26)20(25)23-18-14-12-17(13-15-18)22-16-8-4-2-5-9-16/h2-15,22H,1H3,(H,23,25). The molecule has 2 N–H and O–H groups in total. The van der Waals surface area contributed by atoms with E-state index >= 15 is 0 Å². The maximum absolute atomic E-state index is 12.3. The molecule has 0 aliphatic heterocycles. The second-order valence-corrected chi connectivity index (χ2v) is 5.72. The number of amides is 2. The number of hydrogen-bond acceptors (Lipinski definition) is 3. The minimum Gasteiger partial charge on any atom is -0.356 e. The summed E-state index contributed by atoms with van der Waals surface area (Å²) < 4.78 is 0. The van der Waals surface area contributed by atoms with Crippen molar-refractivity contribution in [3.05, 3.63) is 84.9 Å². The fourth-order valence-corrected chi connectivity index (χ4v) is 2.43. The van der Waals surface area contributed by atoms with E-state index in [1.54, 1.807) is 31.3 Å². The van der Waals surface area contributed by atoms with Crippen molar-refractivity contribution in [1.82, 2.24) is 0 Å². The first-order chi connectivity index (χ1) is 12.6. The second-order valence-electron chi connectivity index (χ2n) is 5.72. The van der Waals surface area contributed by atoms with Gasteiger partial charge in [-0.1, -0.05) is 36.4 Å². The van der Waals surface area contributed by atoms with E-state index in [2.05, 4.69) is 10.6 Å². The van der Waals surface area contributed by atoms with E-state index in [4.69, 9.17) is 0 Å². The first-order valence-corrected chi connectivity index (χ1v) is 8.20. The zero-order valence-electron chi connectivity index (χ0n) is 14.3. The van der Waals surface area contributed by atoms with Gasteiger partial charge in [0, 0.05) is 29.8 Å². The number of carbonyl (C=O) groups excluding carboxylic acids is 2. The van der Waals surface area contributed by atoms with Crippen LogP contribution >= 0.6 is 0 Å². The highest BCUT2D eigenvalue weighted by Crippen LogP contribution is 2.19. The topological polar surface area (TPSA) is 61.4 Å². The molecule has 0 bridgehead atoms. The zero-order chi connectivity index (χ0) is 18.4. The Bertz CT molecular complexity index is 878. The van der Waals surface area contributed by atoms with E-state index in [0.717, 1.165) is 11.4 Å². The van der Waals surface area contributed by atoms with Gasteiger partial charge in [-0.2, -0.15) is 0 Å². The van der Waals surface area contributed by atoms with Gasteiger partial charge < -0.3 is 15.5 Å². The van der Waals surface area contributed by atoms with Gasteiger partial charge >= 0.3 is 11.8 Å². The average molecular weight is 345 g/mol. The van der Waals surface area contributed by atoms with Gasteiger partial charge in [0.15, 0.2) is 0 Å². The van der Waals surface area contributed by atoms with Crippen LogP contribution in [0.1, 0.15) is 0 Å². The summed E-state index contributed by atoms with van der Waals surface area (Å²) in [5.41, 5.74) is 3.09. The number of anilines is 4. The molecular weight excluding hydrogens is 326 g/mol.